The van der Waals surface area contributed by atoms with Gasteiger partial charge in [0.15, 0.2) is 0 Å². The molecule has 1 fully saturated rings. The van der Waals surface area contributed by atoms with Gasteiger partial charge >= 0.3 is 6.36 Å². The van der Waals surface area contributed by atoms with Gasteiger partial charge in [0.2, 0.25) is 0 Å². The van der Waals surface area contributed by atoms with Crippen LogP contribution in [0, 0.1) is 5.92 Å². The van der Waals surface area contributed by atoms with E-state index in [0.717, 1.165) is 38.2 Å². The van der Waals surface area contributed by atoms with E-state index in [-0.39, 0.29) is 11.8 Å². The number of nitrogens with zero attached hydrogens (tertiary/aromatic N) is 1. The summed E-state index contributed by atoms with van der Waals surface area (Å²) >= 11 is 0. The molecule has 1 unspecified atom stereocenters. The van der Waals surface area contributed by atoms with Crippen molar-refractivity contribution in [2.45, 2.75) is 32.7 Å². The topological polar surface area (TPSA) is 24.5 Å². The molecule has 1 heterocycles. The fraction of sp³-hybridized carbons (Fsp3) is 0.625. The molecule has 0 spiro atoms. The second-order valence-corrected chi connectivity index (χ2v) is 5.74. The Balaban J connectivity index is 2.24. The van der Waals surface area contributed by atoms with Crippen molar-refractivity contribution in [1.29, 1.82) is 0 Å². The van der Waals surface area contributed by atoms with Gasteiger partial charge in [0.25, 0.3) is 0 Å². The second kappa shape index (κ2) is 7.33. The number of benzene rings is 1. The Morgan fingerprint density at radius 1 is 1.27 bits per heavy atom. The molecule has 1 aromatic carbocycles. The van der Waals surface area contributed by atoms with Crippen LogP contribution in [0.25, 0.3) is 0 Å². The SMILES string of the molecule is CCC(C)[C@@H](c1cccc(OC(F)(F)F)c1)N1CCNCC1. The van der Waals surface area contributed by atoms with E-state index in [9.17, 15) is 13.2 Å². The molecule has 124 valence electrons. The molecule has 1 aliphatic heterocycles. The fourth-order valence-corrected chi connectivity index (χ4v) is 2.98. The average molecular weight is 316 g/mol. The van der Waals surface area contributed by atoms with Crippen molar-refractivity contribution < 1.29 is 17.9 Å². The molecule has 1 N–H and O–H groups in total. The minimum atomic E-state index is -4.65. The van der Waals surface area contributed by atoms with Gasteiger partial charge in [-0.15, -0.1) is 13.2 Å². The van der Waals surface area contributed by atoms with E-state index in [2.05, 4.69) is 28.8 Å². The van der Waals surface area contributed by atoms with Crippen molar-refractivity contribution >= 4 is 0 Å². The lowest BCUT2D eigenvalue weighted by atomic mass is 9.90. The standard InChI is InChI=1S/C16H23F3N2O/c1-3-12(2)15(21-9-7-20-8-10-21)13-5-4-6-14(11-13)22-16(17,18)19/h4-6,11-12,15,20H,3,7-10H2,1-2H3/t12?,15-/m0/s1. The van der Waals surface area contributed by atoms with Crippen LogP contribution in [0.1, 0.15) is 31.9 Å². The first kappa shape index (κ1) is 17.1. The van der Waals surface area contributed by atoms with Gasteiger partial charge < -0.3 is 10.1 Å². The van der Waals surface area contributed by atoms with Crippen molar-refractivity contribution in [3.8, 4) is 5.75 Å². The second-order valence-electron chi connectivity index (χ2n) is 5.74. The summed E-state index contributed by atoms with van der Waals surface area (Å²) < 4.78 is 41.3. The van der Waals surface area contributed by atoms with Gasteiger partial charge in [-0.1, -0.05) is 32.4 Å². The minimum absolute atomic E-state index is 0.115. The maximum Gasteiger partial charge on any atom is 0.573 e. The van der Waals surface area contributed by atoms with Crippen LogP contribution in [0.2, 0.25) is 0 Å². The Bertz CT molecular complexity index is 473. The van der Waals surface area contributed by atoms with Gasteiger partial charge in [0, 0.05) is 32.2 Å². The highest BCUT2D eigenvalue weighted by Gasteiger charge is 2.32. The summed E-state index contributed by atoms with van der Waals surface area (Å²) in [5.41, 5.74) is 0.887. The van der Waals surface area contributed by atoms with Crippen molar-refractivity contribution in [3.63, 3.8) is 0 Å². The average Bonchev–Trinajstić information content (AvgIpc) is 2.47. The summed E-state index contributed by atoms with van der Waals surface area (Å²) in [4.78, 5) is 2.34. The monoisotopic (exact) mass is 316 g/mol. The molecule has 0 bridgehead atoms. The molecule has 1 aromatic rings. The molecule has 3 nitrogen and oxygen atoms in total. The van der Waals surface area contributed by atoms with Crippen LogP contribution >= 0.6 is 0 Å². The van der Waals surface area contributed by atoms with Crippen molar-refractivity contribution in [1.82, 2.24) is 10.2 Å². The molecule has 0 radical (unpaired) electrons. The first-order valence-electron chi connectivity index (χ1n) is 7.71. The molecular weight excluding hydrogens is 293 g/mol. The molecule has 0 aromatic heterocycles. The molecule has 2 atom stereocenters. The highest BCUT2D eigenvalue weighted by atomic mass is 19.4. The van der Waals surface area contributed by atoms with Crippen LogP contribution in [-0.4, -0.2) is 37.4 Å². The van der Waals surface area contributed by atoms with Crippen molar-refractivity contribution in [2.24, 2.45) is 5.92 Å². The Labute approximate surface area is 129 Å². The van der Waals surface area contributed by atoms with Gasteiger partial charge in [0.1, 0.15) is 5.75 Å². The van der Waals surface area contributed by atoms with Gasteiger partial charge in [-0.05, 0) is 23.6 Å². The number of nitrogens with one attached hydrogen (secondary N) is 1. The summed E-state index contributed by atoms with van der Waals surface area (Å²) in [7, 11) is 0. The molecule has 0 aliphatic carbocycles. The summed E-state index contributed by atoms with van der Waals surface area (Å²) in [5, 5.41) is 3.31. The van der Waals surface area contributed by atoms with E-state index in [0.29, 0.717) is 5.92 Å². The summed E-state index contributed by atoms with van der Waals surface area (Å²) in [6.45, 7) is 7.87. The summed E-state index contributed by atoms with van der Waals surface area (Å²) in [5.74, 6) is 0.215. The number of rotatable bonds is 5. The van der Waals surface area contributed by atoms with Crippen LogP contribution in [0.3, 0.4) is 0 Å². The predicted molar refractivity (Wildman–Crippen MR) is 79.8 cm³/mol. The lowest BCUT2D eigenvalue weighted by molar-refractivity contribution is -0.274. The molecule has 0 saturated carbocycles. The largest absolute Gasteiger partial charge is 0.573 e. The van der Waals surface area contributed by atoms with E-state index < -0.39 is 6.36 Å². The van der Waals surface area contributed by atoms with Crippen LogP contribution in [0.5, 0.6) is 5.75 Å². The maximum absolute atomic E-state index is 12.4. The third-order valence-electron chi connectivity index (χ3n) is 4.16. The lowest BCUT2D eigenvalue weighted by Crippen LogP contribution is -2.46. The fourth-order valence-electron chi connectivity index (χ4n) is 2.98. The Hall–Kier alpha value is -1.27. The number of hydrogen-bond donors (Lipinski definition) is 1. The van der Waals surface area contributed by atoms with Gasteiger partial charge in [-0.3, -0.25) is 4.90 Å². The van der Waals surface area contributed by atoms with Crippen LogP contribution in [0.15, 0.2) is 24.3 Å². The Kier molecular flexibility index (Phi) is 5.69. The Morgan fingerprint density at radius 3 is 2.55 bits per heavy atom. The maximum atomic E-state index is 12.4. The zero-order valence-corrected chi connectivity index (χ0v) is 13.0. The van der Waals surface area contributed by atoms with Gasteiger partial charge in [-0.2, -0.15) is 0 Å². The van der Waals surface area contributed by atoms with Crippen LogP contribution < -0.4 is 10.1 Å². The summed E-state index contributed by atoms with van der Waals surface area (Å²) in [6, 6.07) is 6.51. The van der Waals surface area contributed by atoms with E-state index >= 15 is 0 Å². The van der Waals surface area contributed by atoms with E-state index in [4.69, 9.17) is 0 Å². The number of ether oxygens (including phenoxy) is 1. The van der Waals surface area contributed by atoms with Crippen molar-refractivity contribution in [3.05, 3.63) is 29.8 Å². The number of halogens is 3. The molecule has 6 heteroatoms. The number of piperazine rings is 1. The molecule has 1 aliphatic rings. The molecule has 22 heavy (non-hydrogen) atoms. The smallest absolute Gasteiger partial charge is 0.406 e. The molecular formula is C16H23F3N2O. The van der Waals surface area contributed by atoms with Gasteiger partial charge in [-0.25, -0.2) is 0 Å². The van der Waals surface area contributed by atoms with E-state index in [1.165, 1.54) is 12.1 Å². The lowest BCUT2D eigenvalue weighted by Gasteiger charge is -2.38. The Morgan fingerprint density at radius 2 is 1.95 bits per heavy atom. The first-order chi connectivity index (χ1) is 10.4. The van der Waals surface area contributed by atoms with E-state index in [1.807, 2.05) is 6.07 Å². The van der Waals surface area contributed by atoms with Crippen molar-refractivity contribution in [2.75, 3.05) is 26.2 Å². The quantitative estimate of drug-likeness (QED) is 0.898. The number of hydrogen-bond acceptors (Lipinski definition) is 3. The van der Waals surface area contributed by atoms with E-state index in [1.54, 1.807) is 6.07 Å². The van der Waals surface area contributed by atoms with Crippen LogP contribution in [-0.2, 0) is 0 Å². The third-order valence-corrected chi connectivity index (χ3v) is 4.16. The highest BCUT2D eigenvalue weighted by Crippen LogP contribution is 2.33. The first-order valence-corrected chi connectivity index (χ1v) is 7.71. The normalized spacial score (nSPS) is 19.7. The minimum Gasteiger partial charge on any atom is -0.406 e. The number of alkyl halides is 3. The van der Waals surface area contributed by atoms with Crippen LogP contribution in [0.4, 0.5) is 13.2 Å². The third kappa shape index (κ3) is 4.61. The zero-order chi connectivity index (χ0) is 16.2. The highest BCUT2D eigenvalue weighted by molar-refractivity contribution is 5.31. The molecule has 1 saturated heterocycles. The zero-order valence-electron chi connectivity index (χ0n) is 13.0. The predicted octanol–water partition coefficient (Wildman–Crippen LogP) is 3.58. The summed E-state index contributed by atoms with van der Waals surface area (Å²) in [6.07, 6.45) is -3.68. The molecule has 0 amide bonds. The van der Waals surface area contributed by atoms with Gasteiger partial charge in [0.05, 0.1) is 0 Å². The molecule has 2 rings (SSSR count).